The quantitative estimate of drug-likeness (QED) is 0.768. The predicted molar refractivity (Wildman–Crippen MR) is 73.0 cm³/mol. The minimum Gasteiger partial charge on any atom is -0.378 e. The van der Waals surface area contributed by atoms with Crippen LogP contribution in [0.15, 0.2) is 0 Å². The van der Waals surface area contributed by atoms with Gasteiger partial charge in [-0.05, 0) is 32.4 Å². The van der Waals surface area contributed by atoms with Gasteiger partial charge >= 0.3 is 0 Å². The molecule has 1 amide bonds. The van der Waals surface area contributed by atoms with Crippen molar-refractivity contribution in [1.82, 2.24) is 15.1 Å². The second-order valence-corrected chi connectivity index (χ2v) is 5.91. The van der Waals surface area contributed by atoms with E-state index in [0.717, 1.165) is 32.7 Å². The van der Waals surface area contributed by atoms with E-state index in [1.807, 2.05) is 4.90 Å². The van der Waals surface area contributed by atoms with E-state index >= 15 is 0 Å². The van der Waals surface area contributed by atoms with Crippen molar-refractivity contribution in [2.24, 2.45) is 0 Å². The van der Waals surface area contributed by atoms with E-state index in [9.17, 15) is 4.79 Å². The van der Waals surface area contributed by atoms with Gasteiger partial charge in [0.15, 0.2) is 0 Å². The van der Waals surface area contributed by atoms with Gasteiger partial charge < -0.3 is 15.0 Å². The number of carbonyl (C=O) groups is 1. The Balaban J connectivity index is 1.51. The van der Waals surface area contributed by atoms with Crippen molar-refractivity contribution in [2.75, 3.05) is 45.9 Å². The number of nitrogens with one attached hydrogen (secondary N) is 1. The molecule has 3 rings (SSSR count). The molecular formula is C14H25N3O2. The zero-order valence-corrected chi connectivity index (χ0v) is 11.6. The first-order valence-corrected chi connectivity index (χ1v) is 7.68. The van der Waals surface area contributed by atoms with Crippen molar-refractivity contribution in [3.8, 4) is 0 Å². The van der Waals surface area contributed by atoms with E-state index < -0.39 is 0 Å². The number of morpholine rings is 1. The fourth-order valence-electron chi connectivity index (χ4n) is 3.47. The maximum absolute atomic E-state index is 12.4. The SMILES string of the molecule is O=C(C1COCCN1)N1CCC(N2CCCCC2)C1. The molecule has 0 spiro atoms. The second-order valence-electron chi connectivity index (χ2n) is 5.91. The zero-order valence-electron chi connectivity index (χ0n) is 11.6. The van der Waals surface area contributed by atoms with Crippen molar-refractivity contribution in [2.45, 2.75) is 37.8 Å². The van der Waals surface area contributed by atoms with E-state index in [0.29, 0.717) is 12.6 Å². The van der Waals surface area contributed by atoms with Crippen molar-refractivity contribution < 1.29 is 9.53 Å². The molecule has 2 atom stereocenters. The van der Waals surface area contributed by atoms with Gasteiger partial charge in [0.25, 0.3) is 0 Å². The van der Waals surface area contributed by atoms with Crippen LogP contribution in [0.4, 0.5) is 0 Å². The molecule has 3 aliphatic rings. The molecule has 0 aromatic carbocycles. The minimum absolute atomic E-state index is 0.117. The van der Waals surface area contributed by atoms with Crippen LogP contribution in [0.5, 0.6) is 0 Å². The molecule has 0 aromatic heterocycles. The number of amides is 1. The zero-order chi connectivity index (χ0) is 13.1. The summed E-state index contributed by atoms with van der Waals surface area (Å²) >= 11 is 0. The van der Waals surface area contributed by atoms with Gasteiger partial charge in [-0.2, -0.15) is 0 Å². The van der Waals surface area contributed by atoms with Gasteiger partial charge in [0.2, 0.25) is 5.91 Å². The van der Waals surface area contributed by atoms with Crippen LogP contribution in [0.1, 0.15) is 25.7 Å². The molecule has 2 unspecified atom stereocenters. The van der Waals surface area contributed by atoms with Gasteiger partial charge in [0.1, 0.15) is 6.04 Å². The maximum atomic E-state index is 12.4. The summed E-state index contributed by atoms with van der Waals surface area (Å²) in [6, 6.07) is 0.475. The van der Waals surface area contributed by atoms with Crippen molar-refractivity contribution >= 4 is 5.91 Å². The number of piperidine rings is 1. The molecule has 19 heavy (non-hydrogen) atoms. The highest BCUT2D eigenvalue weighted by Crippen LogP contribution is 2.20. The van der Waals surface area contributed by atoms with Crippen molar-refractivity contribution in [1.29, 1.82) is 0 Å². The number of carbonyl (C=O) groups excluding carboxylic acids is 1. The van der Waals surface area contributed by atoms with Gasteiger partial charge in [-0.3, -0.25) is 9.69 Å². The highest BCUT2D eigenvalue weighted by atomic mass is 16.5. The first-order chi connectivity index (χ1) is 9.34. The Morgan fingerprint density at radius 1 is 1.16 bits per heavy atom. The highest BCUT2D eigenvalue weighted by molar-refractivity contribution is 5.82. The van der Waals surface area contributed by atoms with Gasteiger partial charge in [0.05, 0.1) is 13.2 Å². The minimum atomic E-state index is -0.117. The molecule has 0 radical (unpaired) electrons. The summed E-state index contributed by atoms with van der Waals surface area (Å²) in [5.41, 5.74) is 0. The fraction of sp³-hybridized carbons (Fsp3) is 0.929. The third-order valence-electron chi connectivity index (χ3n) is 4.60. The van der Waals surface area contributed by atoms with Crippen LogP contribution < -0.4 is 5.32 Å². The largest absolute Gasteiger partial charge is 0.378 e. The highest BCUT2D eigenvalue weighted by Gasteiger charge is 2.34. The van der Waals surface area contributed by atoms with Crippen LogP contribution >= 0.6 is 0 Å². The smallest absolute Gasteiger partial charge is 0.242 e. The molecule has 3 saturated heterocycles. The summed E-state index contributed by atoms with van der Waals surface area (Å²) < 4.78 is 5.39. The fourth-order valence-corrected chi connectivity index (χ4v) is 3.47. The third kappa shape index (κ3) is 3.09. The van der Waals surface area contributed by atoms with Crippen LogP contribution in [0.3, 0.4) is 0 Å². The maximum Gasteiger partial charge on any atom is 0.242 e. The normalized spacial score (nSPS) is 33.6. The monoisotopic (exact) mass is 267 g/mol. The van der Waals surface area contributed by atoms with Gasteiger partial charge in [-0.25, -0.2) is 0 Å². The molecule has 3 fully saturated rings. The Morgan fingerprint density at radius 2 is 2.00 bits per heavy atom. The van der Waals surface area contributed by atoms with Crippen LogP contribution in [-0.2, 0) is 9.53 Å². The van der Waals surface area contributed by atoms with Crippen LogP contribution in [0, 0.1) is 0 Å². The van der Waals surface area contributed by atoms with Gasteiger partial charge in [-0.1, -0.05) is 6.42 Å². The molecule has 108 valence electrons. The molecule has 0 aromatic rings. The standard InChI is InChI=1S/C14H25N3O2/c18-14(13-11-19-9-5-15-13)17-8-4-12(10-17)16-6-2-1-3-7-16/h12-13,15H,1-11H2. The van der Waals surface area contributed by atoms with Gasteiger partial charge in [0, 0.05) is 25.7 Å². The Labute approximate surface area is 115 Å². The molecule has 3 heterocycles. The van der Waals surface area contributed by atoms with Crippen LogP contribution in [0.25, 0.3) is 0 Å². The van der Waals surface area contributed by atoms with E-state index in [4.69, 9.17) is 4.74 Å². The van der Waals surface area contributed by atoms with Crippen molar-refractivity contribution in [3.05, 3.63) is 0 Å². The number of hydrogen-bond donors (Lipinski definition) is 1. The number of likely N-dealkylation sites (tertiary alicyclic amines) is 2. The average Bonchev–Trinajstić information content (AvgIpc) is 2.98. The lowest BCUT2D eigenvalue weighted by molar-refractivity contribution is -0.135. The summed E-state index contributed by atoms with van der Waals surface area (Å²) in [4.78, 5) is 17.0. The molecule has 3 aliphatic heterocycles. The summed E-state index contributed by atoms with van der Waals surface area (Å²) in [7, 11) is 0. The Hall–Kier alpha value is -0.650. The molecule has 0 saturated carbocycles. The number of nitrogens with zero attached hydrogens (tertiary/aromatic N) is 2. The van der Waals surface area contributed by atoms with E-state index in [1.165, 1.54) is 32.4 Å². The van der Waals surface area contributed by atoms with E-state index in [2.05, 4.69) is 10.2 Å². The number of hydrogen-bond acceptors (Lipinski definition) is 4. The summed E-state index contributed by atoms with van der Waals surface area (Å²) in [5, 5.41) is 3.26. The van der Waals surface area contributed by atoms with Crippen LogP contribution in [-0.4, -0.2) is 73.7 Å². The first-order valence-electron chi connectivity index (χ1n) is 7.68. The summed E-state index contributed by atoms with van der Waals surface area (Å²) in [6.45, 7) is 6.31. The molecular weight excluding hydrogens is 242 g/mol. The number of rotatable bonds is 2. The summed E-state index contributed by atoms with van der Waals surface area (Å²) in [6.07, 6.45) is 5.15. The van der Waals surface area contributed by atoms with Gasteiger partial charge in [-0.15, -0.1) is 0 Å². The van der Waals surface area contributed by atoms with E-state index in [-0.39, 0.29) is 11.9 Å². The van der Waals surface area contributed by atoms with E-state index in [1.54, 1.807) is 0 Å². The lowest BCUT2D eigenvalue weighted by Crippen LogP contribution is -2.52. The first kappa shape index (κ1) is 13.3. The Bertz CT molecular complexity index is 312. The predicted octanol–water partition coefficient (Wildman–Crippen LogP) is 0.0616. The van der Waals surface area contributed by atoms with Crippen LogP contribution in [0.2, 0.25) is 0 Å². The third-order valence-corrected chi connectivity index (χ3v) is 4.60. The molecule has 5 nitrogen and oxygen atoms in total. The lowest BCUT2D eigenvalue weighted by atomic mass is 10.1. The summed E-state index contributed by atoms with van der Waals surface area (Å²) in [5.74, 6) is 0.235. The number of ether oxygens (including phenoxy) is 1. The Morgan fingerprint density at radius 3 is 2.74 bits per heavy atom. The molecule has 1 N–H and O–H groups in total. The molecule has 0 bridgehead atoms. The average molecular weight is 267 g/mol. The molecule has 0 aliphatic carbocycles. The lowest BCUT2D eigenvalue weighted by Gasteiger charge is -2.32. The second kappa shape index (κ2) is 6.20. The molecule has 5 heteroatoms. The topological polar surface area (TPSA) is 44.8 Å². The Kier molecular flexibility index (Phi) is 4.35. The van der Waals surface area contributed by atoms with Crippen molar-refractivity contribution in [3.63, 3.8) is 0 Å².